The van der Waals surface area contributed by atoms with Crippen molar-refractivity contribution in [2.45, 2.75) is 12.8 Å². The number of ether oxygens (including phenoxy) is 2. The van der Waals surface area contributed by atoms with Gasteiger partial charge >= 0.3 is 0 Å². The standard InChI is InChI=1S/C48H30O2/c1-3-11-35-30(7-1)9-5-13-37(35)32-17-15-29(16-18-32)33-19-21-39-41-23-24-42-40-22-20-34(38-14-6-10-31-8-2-4-12-36(31)38)28-46(40)50-44-26-25-43(47(41)48(42)44)49-45(39)27-33/h1-19,21,23-28H,20,22H2. The van der Waals surface area contributed by atoms with Crippen molar-refractivity contribution in [2.75, 3.05) is 0 Å². The van der Waals surface area contributed by atoms with Crippen LogP contribution in [0, 0.1) is 0 Å². The fourth-order valence-electron chi connectivity index (χ4n) is 8.42. The molecule has 234 valence electrons. The van der Waals surface area contributed by atoms with Crippen LogP contribution < -0.4 is 9.47 Å². The van der Waals surface area contributed by atoms with Crippen molar-refractivity contribution in [3.05, 3.63) is 175 Å². The van der Waals surface area contributed by atoms with E-state index in [4.69, 9.17) is 9.47 Å². The van der Waals surface area contributed by atoms with Crippen LogP contribution in [0.3, 0.4) is 0 Å². The lowest BCUT2D eigenvalue weighted by Crippen LogP contribution is -2.11. The first-order valence-corrected chi connectivity index (χ1v) is 17.4. The third kappa shape index (κ3) is 4.09. The van der Waals surface area contributed by atoms with Crippen LogP contribution in [0.4, 0.5) is 0 Å². The second-order valence-electron chi connectivity index (χ2n) is 13.5. The molecule has 0 bridgehead atoms. The highest BCUT2D eigenvalue weighted by molar-refractivity contribution is 6.12. The van der Waals surface area contributed by atoms with Crippen LogP contribution in [0.25, 0.3) is 76.8 Å². The molecule has 11 rings (SSSR count). The van der Waals surface area contributed by atoms with Gasteiger partial charge in [0.15, 0.2) is 0 Å². The topological polar surface area (TPSA) is 18.5 Å². The molecule has 3 aliphatic rings. The van der Waals surface area contributed by atoms with Crippen molar-refractivity contribution in [3.63, 3.8) is 0 Å². The van der Waals surface area contributed by atoms with Crippen LogP contribution >= 0.6 is 0 Å². The summed E-state index contributed by atoms with van der Waals surface area (Å²) in [5.41, 5.74) is 12.2. The minimum Gasteiger partial charge on any atom is -0.456 e. The van der Waals surface area contributed by atoms with Crippen LogP contribution in [0.15, 0.2) is 163 Å². The lowest BCUT2D eigenvalue weighted by Gasteiger charge is -2.30. The zero-order chi connectivity index (χ0) is 32.8. The van der Waals surface area contributed by atoms with Gasteiger partial charge in [0.25, 0.3) is 0 Å². The molecule has 8 aromatic rings. The fourth-order valence-corrected chi connectivity index (χ4v) is 8.42. The van der Waals surface area contributed by atoms with Crippen molar-refractivity contribution in [2.24, 2.45) is 0 Å². The zero-order valence-corrected chi connectivity index (χ0v) is 27.2. The Morgan fingerprint density at radius 1 is 0.380 bits per heavy atom. The summed E-state index contributed by atoms with van der Waals surface area (Å²) in [5.74, 6) is 3.62. The van der Waals surface area contributed by atoms with E-state index in [1.54, 1.807) is 0 Å². The van der Waals surface area contributed by atoms with Gasteiger partial charge in [-0.2, -0.15) is 0 Å². The molecule has 50 heavy (non-hydrogen) atoms. The Balaban J connectivity index is 0.959. The van der Waals surface area contributed by atoms with E-state index in [2.05, 4.69) is 158 Å². The highest BCUT2D eigenvalue weighted by atomic mass is 16.5. The van der Waals surface area contributed by atoms with Gasteiger partial charge in [0.2, 0.25) is 0 Å². The van der Waals surface area contributed by atoms with Gasteiger partial charge in [-0.1, -0.05) is 127 Å². The molecule has 0 saturated heterocycles. The lowest BCUT2D eigenvalue weighted by molar-refractivity contribution is 0.442. The zero-order valence-electron chi connectivity index (χ0n) is 27.2. The predicted molar refractivity (Wildman–Crippen MR) is 207 cm³/mol. The van der Waals surface area contributed by atoms with Gasteiger partial charge in [-0.15, -0.1) is 0 Å². The molecule has 0 radical (unpaired) electrons. The molecule has 0 atom stereocenters. The predicted octanol–water partition coefficient (Wildman–Crippen LogP) is 13.2. The summed E-state index contributed by atoms with van der Waals surface area (Å²) in [7, 11) is 0. The quantitative estimate of drug-likeness (QED) is 0.192. The Morgan fingerprint density at radius 3 is 1.78 bits per heavy atom. The van der Waals surface area contributed by atoms with Crippen molar-refractivity contribution in [1.82, 2.24) is 0 Å². The first kappa shape index (κ1) is 27.6. The van der Waals surface area contributed by atoms with Gasteiger partial charge in [-0.25, -0.2) is 0 Å². The number of benzene rings is 8. The van der Waals surface area contributed by atoms with Crippen molar-refractivity contribution >= 4 is 43.5 Å². The molecule has 2 nitrogen and oxygen atoms in total. The molecule has 0 fully saturated rings. The molecule has 2 heterocycles. The van der Waals surface area contributed by atoms with Crippen LogP contribution in [0.2, 0.25) is 0 Å². The Morgan fingerprint density at radius 2 is 0.980 bits per heavy atom. The van der Waals surface area contributed by atoms with E-state index in [0.29, 0.717) is 0 Å². The highest BCUT2D eigenvalue weighted by Crippen LogP contribution is 2.54. The molecule has 1 aliphatic carbocycles. The summed E-state index contributed by atoms with van der Waals surface area (Å²) in [6.07, 6.45) is 4.17. The smallest absolute Gasteiger partial charge is 0.136 e. The summed E-state index contributed by atoms with van der Waals surface area (Å²) in [5, 5.41) is 7.37. The average Bonchev–Trinajstić information content (AvgIpc) is 3.18. The number of hydrogen-bond acceptors (Lipinski definition) is 2. The second-order valence-corrected chi connectivity index (χ2v) is 13.5. The molecule has 8 aromatic carbocycles. The molecule has 0 saturated carbocycles. The lowest BCUT2D eigenvalue weighted by atomic mass is 9.82. The third-order valence-electron chi connectivity index (χ3n) is 10.8. The molecule has 2 heteroatoms. The maximum Gasteiger partial charge on any atom is 0.136 e. The van der Waals surface area contributed by atoms with Gasteiger partial charge in [0.05, 0.1) is 0 Å². The summed E-state index contributed by atoms with van der Waals surface area (Å²) < 4.78 is 13.4. The van der Waals surface area contributed by atoms with Gasteiger partial charge in [-0.05, 0) is 109 Å². The maximum atomic E-state index is 6.73. The van der Waals surface area contributed by atoms with Gasteiger partial charge in [0, 0.05) is 21.9 Å². The third-order valence-corrected chi connectivity index (χ3v) is 10.8. The van der Waals surface area contributed by atoms with Crippen molar-refractivity contribution < 1.29 is 9.47 Å². The summed E-state index contributed by atoms with van der Waals surface area (Å²) >= 11 is 0. The van der Waals surface area contributed by atoms with Crippen LogP contribution in [-0.4, -0.2) is 0 Å². The average molecular weight is 639 g/mol. The Kier molecular flexibility index (Phi) is 5.82. The van der Waals surface area contributed by atoms with Crippen LogP contribution in [-0.2, 0) is 0 Å². The van der Waals surface area contributed by atoms with E-state index in [0.717, 1.165) is 63.3 Å². The largest absolute Gasteiger partial charge is 0.456 e. The van der Waals surface area contributed by atoms with E-state index < -0.39 is 0 Å². The number of allylic oxidation sites excluding steroid dienone is 3. The van der Waals surface area contributed by atoms with Crippen LogP contribution in [0.5, 0.6) is 17.2 Å². The van der Waals surface area contributed by atoms with Gasteiger partial charge < -0.3 is 9.47 Å². The van der Waals surface area contributed by atoms with E-state index in [1.807, 2.05) is 0 Å². The van der Waals surface area contributed by atoms with E-state index in [9.17, 15) is 0 Å². The normalized spacial score (nSPS) is 14.2. The number of hydrogen-bond donors (Lipinski definition) is 0. The van der Waals surface area contributed by atoms with Crippen molar-refractivity contribution in [3.8, 4) is 50.6 Å². The number of fused-ring (bicyclic) bond motifs is 5. The number of rotatable bonds is 3. The van der Waals surface area contributed by atoms with Gasteiger partial charge in [-0.3, -0.25) is 0 Å². The molecule has 0 amide bonds. The summed E-state index contributed by atoms with van der Waals surface area (Å²) in [6.45, 7) is 0. The molecule has 2 aliphatic heterocycles. The van der Waals surface area contributed by atoms with E-state index >= 15 is 0 Å². The van der Waals surface area contributed by atoms with Gasteiger partial charge in [0.1, 0.15) is 23.0 Å². The molecular formula is C48H30O2. The molecular weight excluding hydrogens is 609 g/mol. The van der Waals surface area contributed by atoms with E-state index in [1.165, 1.54) is 60.5 Å². The van der Waals surface area contributed by atoms with Crippen LogP contribution in [0.1, 0.15) is 24.0 Å². The molecule has 0 unspecified atom stereocenters. The summed E-state index contributed by atoms with van der Waals surface area (Å²) in [4.78, 5) is 0. The van der Waals surface area contributed by atoms with E-state index in [-0.39, 0.29) is 0 Å². The fraction of sp³-hybridized carbons (Fsp3) is 0.0417. The first-order chi connectivity index (χ1) is 24.8. The summed E-state index contributed by atoms with van der Waals surface area (Å²) in [6, 6.07) is 54.5. The Labute approximate surface area is 290 Å². The maximum absolute atomic E-state index is 6.73. The Bertz CT molecular complexity index is 2790. The molecule has 0 N–H and O–H groups in total. The first-order valence-electron chi connectivity index (χ1n) is 17.4. The minimum absolute atomic E-state index is 0.881. The molecule has 0 spiro atoms. The highest BCUT2D eigenvalue weighted by Gasteiger charge is 2.30. The van der Waals surface area contributed by atoms with Crippen molar-refractivity contribution in [1.29, 1.82) is 0 Å². The SMILES string of the molecule is C1=C(c2cccc3ccccc23)CCC2=C1Oc1ccc3c4c(ccc2c14)-c1ccc(-c2ccc(-c4cccc5ccccc45)cc2)cc1O3. The Hall–Kier alpha value is -6.38. The molecule has 0 aromatic heterocycles. The second kappa shape index (κ2) is 10.6. The monoisotopic (exact) mass is 638 g/mol. The minimum atomic E-state index is 0.881.